The van der Waals surface area contributed by atoms with Crippen molar-refractivity contribution in [2.24, 2.45) is 0 Å². The molecule has 1 atom stereocenters. The standard InChI is InChI=1S/C21H18O3/c1-13-11-15-5-3-4-6-17(15)20-18(12-19(22)24-21(13)20)14-7-9-16(23-2)10-8-14/h3-11,18H,12H2,1-2H3/t18-/m1/s1. The number of benzene rings is 3. The molecule has 1 heterocycles. The van der Waals surface area contributed by atoms with Gasteiger partial charge in [-0.3, -0.25) is 4.79 Å². The van der Waals surface area contributed by atoms with E-state index in [1.54, 1.807) is 7.11 Å². The molecule has 0 spiro atoms. The molecule has 3 aromatic rings. The number of carbonyl (C=O) groups is 1. The number of carbonyl (C=O) groups excluding carboxylic acids is 1. The summed E-state index contributed by atoms with van der Waals surface area (Å²) in [5, 5.41) is 2.32. The maximum absolute atomic E-state index is 12.2. The Balaban J connectivity index is 1.96. The van der Waals surface area contributed by atoms with E-state index in [1.807, 2.05) is 43.3 Å². The SMILES string of the molecule is COc1ccc([C@H]2CC(=O)Oc3c(C)cc4ccccc4c32)cc1. The lowest BCUT2D eigenvalue weighted by molar-refractivity contribution is -0.135. The molecule has 0 aliphatic carbocycles. The quantitative estimate of drug-likeness (QED) is 0.512. The van der Waals surface area contributed by atoms with Crippen LogP contribution in [0.25, 0.3) is 10.8 Å². The van der Waals surface area contributed by atoms with Crippen LogP contribution in [0.5, 0.6) is 11.5 Å². The van der Waals surface area contributed by atoms with Crippen molar-refractivity contribution in [3.05, 3.63) is 71.3 Å². The zero-order valence-electron chi connectivity index (χ0n) is 13.7. The largest absolute Gasteiger partial charge is 0.497 e. The van der Waals surface area contributed by atoms with Gasteiger partial charge in [0.25, 0.3) is 0 Å². The molecular formula is C21H18O3. The van der Waals surface area contributed by atoms with Gasteiger partial charge >= 0.3 is 5.97 Å². The van der Waals surface area contributed by atoms with Crippen molar-refractivity contribution in [2.45, 2.75) is 19.3 Å². The van der Waals surface area contributed by atoms with E-state index in [9.17, 15) is 4.79 Å². The molecule has 3 aromatic carbocycles. The number of fused-ring (bicyclic) bond motifs is 3. The Morgan fingerprint density at radius 1 is 1.08 bits per heavy atom. The van der Waals surface area contributed by atoms with E-state index in [0.29, 0.717) is 12.2 Å². The third-order valence-corrected chi connectivity index (χ3v) is 4.68. The van der Waals surface area contributed by atoms with E-state index in [0.717, 1.165) is 27.8 Å². The van der Waals surface area contributed by atoms with Crippen LogP contribution in [0, 0.1) is 6.92 Å². The van der Waals surface area contributed by atoms with Crippen LogP contribution in [0.2, 0.25) is 0 Å². The molecule has 0 aromatic heterocycles. The van der Waals surface area contributed by atoms with Gasteiger partial charge in [0.05, 0.1) is 13.5 Å². The lowest BCUT2D eigenvalue weighted by atomic mass is 9.82. The maximum atomic E-state index is 12.2. The molecule has 0 unspecified atom stereocenters. The molecule has 0 saturated heterocycles. The van der Waals surface area contributed by atoms with Crippen molar-refractivity contribution in [3.63, 3.8) is 0 Å². The van der Waals surface area contributed by atoms with Gasteiger partial charge in [-0.15, -0.1) is 0 Å². The highest BCUT2D eigenvalue weighted by Gasteiger charge is 2.31. The van der Waals surface area contributed by atoms with Crippen molar-refractivity contribution in [2.75, 3.05) is 7.11 Å². The minimum absolute atomic E-state index is 0.00282. The summed E-state index contributed by atoms with van der Waals surface area (Å²) >= 11 is 0. The van der Waals surface area contributed by atoms with Gasteiger partial charge in [0, 0.05) is 11.5 Å². The number of aryl methyl sites for hydroxylation is 1. The van der Waals surface area contributed by atoms with Crippen molar-refractivity contribution >= 4 is 16.7 Å². The van der Waals surface area contributed by atoms with E-state index in [1.165, 1.54) is 5.39 Å². The highest BCUT2D eigenvalue weighted by Crippen LogP contribution is 2.44. The third-order valence-electron chi connectivity index (χ3n) is 4.68. The molecule has 0 amide bonds. The summed E-state index contributed by atoms with van der Waals surface area (Å²) in [6.07, 6.45) is 0.354. The van der Waals surface area contributed by atoms with Gasteiger partial charge in [-0.1, -0.05) is 36.4 Å². The number of esters is 1. The lowest BCUT2D eigenvalue weighted by Gasteiger charge is -2.28. The molecule has 0 radical (unpaired) electrons. The first-order valence-electron chi connectivity index (χ1n) is 8.04. The normalized spacial score (nSPS) is 16.6. The molecule has 3 heteroatoms. The van der Waals surface area contributed by atoms with Crippen molar-refractivity contribution in [3.8, 4) is 11.5 Å². The van der Waals surface area contributed by atoms with E-state index in [-0.39, 0.29) is 11.9 Å². The smallest absolute Gasteiger partial charge is 0.312 e. The van der Waals surface area contributed by atoms with Crippen LogP contribution in [-0.4, -0.2) is 13.1 Å². The van der Waals surface area contributed by atoms with Crippen molar-refractivity contribution in [1.29, 1.82) is 0 Å². The van der Waals surface area contributed by atoms with Gasteiger partial charge in [-0.2, -0.15) is 0 Å². The predicted molar refractivity (Wildman–Crippen MR) is 93.8 cm³/mol. The van der Waals surface area contributed by atoms with Crippen LogP contribution in [0.4, 0.5) is 0 Å². The van der Waals surface area contributed by atoms with E-state index >= 15 is 0 Å². The molecule has 0 N–H and O–H groups in total. The van der Waals surface area contributed by atoms with Gasteiger partial charge in [0.2, 0.25) is 0 Å². The van der Waals surface area contributed by atoms with Gasteiger partial charge in [0.1, 0.15) is 11.5 Å². The lowest BCUT2D eigenvalue weighted by Crippen LogP contribution is -2.22. The zero-order chi connectivity index (χ0) is 16.7. The van der Waals surface area contributed by atoms with Gasteiger partial charge in [-0.05, 0) is 47.0 Å². The second-order valence-corrected chi connectivity index (χ2v) is 6.16. The number of methoxy groups -OCH3 is 1. The first kappa shape index (κ1) is 14.8. The minimum Gasteiger partial charge on any atom is -0.497 e. The molecule has 1 aliphatic heterocycles. The summed E-state index contributed by atoms with van der Waals surface area (Å²) in [4.78, 5) is 12.2. The van der Waals surface area contributed by atoms with Crippen LogP contribution < -0.4 is 9.47 Å². The Labute approximate surface area is 140 Å². The fraction of sp³-hybridized carbons (Fsp3) is 0.190. The molecule has 3 nitrogen and oxygen atoms in total. The highest BCUT2D eigenvalue weighted by molar-refractivity contribution is 5.93. The fourth-order valence-electron chi connectivity index (χ4n) is 3.53. The van der Waals surface area contributed by atoms with Crippen molar-refractivity contribution < 1.29 is 14.3 Å². The summed E-state index contributed by atoms with van der Waals surface area (Å²) in [5.74, 6) is 1.34. The van der Waals surface area contributed by atoms with Crippen LogP contribution in [0.1, 0.15) is 29.0 Å². The van der Waals surface area contributed by atoms with E-state index in [2.05, 4.69) is 18.2 Å². The molecule has 0 saturated carbocycles. The highest BCUT2D eigenvalue weighted by atomic mass is 16.5. The minimum atomic E-state index is -0.179. The fourth-order valence-corrected chi connectivity index (χ4v) is 3.53. The molecule has 24 heavy (non-hydrogen) atoms. The monoisotopic (exact) mass is 318 g/mol. The number of hydrogen-bond acceptors (Lipinski definition) is 3. The van der Waals surface area contributed by atoms with Gasteiger partial charge < -0.3 is 9.47 Å². The second kappa shape index (κ2) is 5.68. The molecule has 1 aliphatic rings. The topological polar surface area (TPSA) is 35.5 Å². The summed E-state index contributed by atoms with van der Waals surface area (Å²) in [6.45, 7) is 1.99. The predicted octanol–water partition coefficient (Wildman–Crippen LogP) is 4.60. The third kappa shape index (κ3) is 2.33. The maximum Gasteiger partial charge on any atom is 0.312 e. The second-order valence-electron chi connectivity index (χ2n) is 6.16. The van der Waals surface area contributed by atoms with Crippen LogP contribution in [-0.2, 0) is 4.79 Å². The molecular weight excluding hydrogens is 300 g/mol. The first-order chi connectivity index (χ1) is 11.7. The summed E-state index contributed by atoms with van der Waals surface area (Å²) in [6, 6.07) is 18.3. The van der Waals surface area contributed by atoms with E-state index in [4.69, 9.17) is 9.47 Å². The Bertz CT molecular complexity index is 926. The molecule has 0 fully saturated rings. The van der Waals surface area contributed by atoms with Crippen LogP contribution in [0.3, 0.4) is 0 Å². The van der Waals surface area contributed by atoms with Crippen molar-refractivity contribution in [1.82, 2.24) is 0 Å². The zero-order valence-corrected chi connectivity index (χ0v) is 13.7. The average molecular weight is 318 g/mol. The molecule has 0 bridgehead atoms. The molecule has 4 rings (SSSR count). The Hall–Kier alpha value is -2.81. The first-order valence-corrected chi connectivity index (χ1v) is 8.04. The van der Waals surface area contributed by atoms with Crippen LogP contribution >= 0.6 is 0 Å². The summed E-state index contributed by atoms with van der Waals surface area (Å²) < 4.78 is 10.8. The number of hydrogen-bond donors (Lipinski definition) is 0. The summed E-state index contributed by atoms with van der Waals surface area (Å²) in [5.41, 5.74) is 3.20. The number of ether oxygens (including phenoxy) is 2. The Morgan fingerprint density at radius 3 is 2.58 bits per heavy atom. The van der Waals surface area contributed by atoms with Gasteiger partial charge in [-0.25, -0.2) is 0 Å². The number of rotatable bonds is 2. The Kier molecular flexibility index (Phi) is 3.49. The van der Waals surface area contributed by atoms with Gasteiger partial charge in [0.15, 0.2) is 0 Å². The Morgan fingerprint density at radius 2 is 1.83 bits per heavy atom. The van der Waals surface area contributed by atoms with Crippen LogP contribution in [0.15, 0.2) is 54.6 Å². The summed E-state index contributed by atoms with van der Waals surface area (Å²) in [7, 11) is 1.65. The van der Waals surface area contributed by atoms with E-state index < -0.39 is 0 Å². The average Bonchev–Trinajstić information content (AvgIpc) is 2.61. The molecule has 120 valence electrons.